The molecule has 0 aromatic heterocycles. The highest BCUT2D eigenvalue weighted by Crippen LogP contribution is 2.19. The lowest BCUT2D eigenvalue weighted by atomic mass is 10.1. The molecule has 0 radical (unpaired) electrons. The van der Waals surface area contributed by atoms with Crippen LogP contribution < -0.4 is 11.1 Å². The maximum Gasteiger partial charge on any atom is 0.242 e. The van der Waals surface area contributed by atoms with Gasteiger partial charge in [-0.25, -0.2) is 0 Å². The van der Waals surface area contributed by atoms with Gasteiger partial charge in [0.15, 0.2) is 0 Å². The third-order valence-electron chi connectivity index (χ3n) is 20.8. The topological polar surface area (TPSA) is 319 Å². The molecule has 0 aromatic rings. The third-order valence-corrected chi connectivity index (χ3v) is 20.8. The summed E-state index contributed by atoms with van der Waals surface area (Å²) in [5, 5.41) is 3.22. The summed E-state index contributed by atoms with van der Waals surface area (Å²) in [5.41, 5.74) is 5.56. The lowest BCUT2D eigenvalue weighted by molar-refractivity contribution is -0.151. The molecule has 101 heavy (non-hydrogen) atoms. The summed E-state index contributed by atoms with van der Waals surface area (Å²) in [4.78, 5) is 215. The number of nitrogens with one attached hydrogen (secondary N) is 1. The Morgan fingerprint density at radius 1 is 0.337 bits per heavy atom. The second kappa shape index (κ2) is 44.1. The maximum atomic E-state index is 15.2. The Hall–Kier alpha value is -7.46. The monoisotopic (exact) mass is 1420 g/mol. The van der Waals surface area contributed by atoms with Crippen molar-refractivity contribution in [1.82, 2.24) is 69.0 Å². The van der Waals surface area contributed by atoms with Crippen LogP contribution in [0.25, 0.3) is 0 Å². The fourth-order valence-corrected chi connectivity index (χ4v) is 13.0. The van der Waals surface area contributed by atoms with E-state index in [9.17, 15) is 43.2 Å². The first-order valence-electron chi connectivity index (χ1n) is 37.7. The normalized spacial score (nSPS) is 16.4. The highest BCUT2D eigenvalue weighted by atomic mass is 16.2. The van der Waals surface area contributed by atoms with E-state index in [2.05, 4.69) is 5.32 Å². The highest BCUT2D eigenvalue weighted by molar-refractivity contribution is 5.95. The number of likely N-dealkylation sites (tertiary alicyclic amines) is 4. The van der Waals surface area contributed by atoms with Crippen molar-refractivity contribution in [1.29, 1.82) is 0 Å². The van der Waals surface area contributed by atoms with Gasteiger partial charge in [0.2, 0.25) is 82.7 Å². The highest BCUT2D eigenvalue weighted by Gasteiger charge is 2.36. The summed E-state index contributed by atoms with van der Waals surface area (Å²) in [6.45, 7) is 21.5. The first kappa shape index (κ1) is 85.9. The van der Waals surface area contributed by atoms with Crippen molar-refractivity contribution in [2.45, 2.75) is 235 Å². The van der Waals surface area contributed by atoms with Crippen LogP contribution in [0, 0.1) is 0 Å². The average Bonchev–Trinajstić information content (AvgIpc) is 1.83. The fourth-order valence-electron chi connectivity index (χ4n) is 13.0. The van der Waals surface area contributed by atoms with Crippen molar-refractivity contribution >= 4 is 82.7 Å². The van der Waals surface area contributed by atoms with Crippen molar-refractivity contribution < 1.29 is 67.1 Å². The molecule has 29 nitrogen and oxygen atoms in total. The van der Waals surface area contributed by atoms with Crippen molar-refractivity contribution in [3.63, 3.8) is 0 Å². The maximum absolute atomic E-state index is 15.2. The van der Waals surface area contributed by atoms with Gasteiger partial charge in [-0.05, 0) is 131 Å². The molecular formula is C72H125N15O14. The zero-order valence-corrected chi connectivity index (χ0v) is 63.4. The minimum absolute atomic E-state index is 0.00266. The van der Waals surface area contributed by atoms with Crippen LogP contribution >= 0.6 is 0 Å². The molecule has 0 unspecified atom stereocenters. The second-order valence-corrected chi connectivity index (χ2v) is 28.2. The van der Waals surface area contributed by atoms with Gasteiger partial charge >= 0.3 is 0 Å². The lowest BCUT2D eigenvalue weighted by Crippen LogP contribution is -2.55. The number of hydrogen-bond donors (Lipinski definition) is 2. The Kier molecular flexibility index (Phi) is 37.6. The molecular weight excluding hydrogens is 1300 g/mol. The number of rotatable bonds is 48. The van der Waals surface area contributed by atoms with Crippen LogP contribution in [0.2, 0.25) is 0 Å². The Labute approximate surface area is 601 Å². The molecule has 4 rings (SSSR count). The Bertz CT molecular complexity index is 2790. The van der Waals surface area contributed by atoms with Crippen LogP contribution in [0.1, 0.15) is 199 Å². The Morgan fingerprint density at radius 3 is 0.802 bits per heavy atom. The van der Waals surface area contributed by atoms with Gasteiger partial charge in [0.25, 0.3) is 0 Å². The summed E-state index contributed by atoms with van der Waals surface area (Å²) < 4.78 is 0. The van der Waals surface area contributed by atoms with Gasteiger partial charge in [-0.2, -0.15) is 0 Å². The van der Waals surface area contributed by atoms with Gasteiger partial charge in [0.05, 0.1) is 39.3 Å². The summed E-state index contributed by atoms with van der Waals surface area (Å²) in [7, 11) is 0. The zero-order chi connectivity index (χ0) is 75.0. The van der Waals surface area contributed by atoms with E-state index in [0.717, 1.165) is 6.42 Å². The summed E-state index contributed by atoms with van der Waals surface area (Å²) in [6.07, 6.45) is 8.56. The molecule has 0 aromatic carbocycles. The van der Waals surface area contributed by atoms with E-state index < -0.39 is 117 Å². The smallest absolute Gasteiger partial charge is 0.242 e. The molecule has 0 bridgehead atoms. The molecule has 4 fully saturated rings. The summed E-state index contributed by atoms with van der Waals surface area (Å²) in [6, 6.07) is -2.30. The van der Waals surface area contributed by atoms with E-state index in [4.69, 9.17) is 5.73 Å². The predicted octanol–water partition coefficient (Wildman–Crippen LogP) is 2.36. The first-order valence-corrected chi connectivity index (χ1v) is 37.7. The molecule has 4 heterocycles. The van der Waals surface area contributed by atoms with Crippen LogP contribution in [0.3, 0.4) is 0 Å². The van der Waals surface area contributed by atoms with Crippen molar-refractivity contribution in [3.8, 4) is 0 Å². The lowest BCUT2D eigenvalue weighted by Gasteiger charge is -2.36. The number of carbonyl (C=O) groups excluding carboxylic acids is 14. The van der Waals surface area contributed by atoms with E-state index in [1.807, 2.05) is 55.4 Å². The Morgan fingerprint density at radius 2 is 0.564 bits per heavy atom. The molecule has 0 saturated carbocycles. The SMILES string of the molecule is CC[C@H](C)NCC(=O)N(CC(=O)N(CCCN1CCCC1=O)CC(=O)N(CCCN1CCCC1=O)CC(=O)N(CC(=O)N(CC(=O)N(CCCN1CCCC1=O)CC(=O)N(CCCN1CCCC1=O)CC(=O)N(CC(=O)N(CC(N)=O)[C@@H](C)CC)[C@@H](C)CC)[C@@H](C)CC)[C@@H](C)CC)[C@@H](C)CC. The molecule has 6 atom stereocenters. The van der Waals surface area contributed by atoms with Crippen LogP contribution in [0.15, 0.2) is 0 Å². The van der Waals surface area contributed by atoms with Gasteiger partial charge in [-0.15, -0.1) is 0 Å². The van der Waals surface area contributed by atoms with Gasteiger partial charge < -0.3 is 74.7 Å². The van der Waals surface area contributed by atoms with Crippen molar-refractivity contribution in [2.24, 2.45) is 5.73 Å². The van der Waals surface area contributed by atoms with E-state index in [-0.39, 0.29) is 119 Å². The van der Waals surface area contributed by atoms with Crippen LogP contribution in [-0.2, 0) is 67.1 Å². The molecule has 4 aliphatic heterocycles. The van der Waals surface area contributed by atoms with Crippen molar-refractivity contribution in [2.75, 3.05) is 144 Å². The molecule has 14 amide bonds. The standard InChI is InChI=1S/C72H125N15O14/c1-13-53(7)74-43-64(93)84(55(9)15-3)49-67(96)79(39-23-35-75-31-19-27-60(75)89)45-65(94)82(42-26-38-78-34-22-30-63(78)92)48-70(99)87(58(12)18-6)52-72(101)85(56(10)16-4)50-68(97)80(40-24-36-76-32-20-28-61(76)90)46-66(95)81(41-25-37-77-33-21-29-62(77)91)47-69(98)86(57(11)17-5)51-71(100)83(44-59(73)88)54(8)14-2/h53-58,74H,13-52H2,1-12H3,(H2,73,88)/t53-,54-,55-,56-,57-,58-/m0/s1. The number of carbonyl (C=O) groups is 14. The van der Waals surface area contributed by atoms with E-state index in [0.29, 0.717) is 136 Å². The Balaban J connectivity index is 1.69. The van der Waals surface area contributed by atoms with Gasteiger partial charge in [-0.1, -0.05) is 41.5 Å². The van der Waals surface area contributed by atoms with Gasteiger partial charge in [0.1, 0.15) is 26.2 Å². The number of primary amides is 1. The largest absolute Gasteiger partial charge is 0.368 e. The molecule has 0 spiro atoms. The quantitative estimate of drug-likeness (QED) is 0.0884. The number of amides is 14. The summed E-state index contributed by atoms with van der Waals surface area (Å²) >= 11 is 0. The predicted molar refractivity (Wildman–Crippen MR) is 382 cm³/mol. The molecule has 572 valence electrons. The molecule has 4 saturated heterocycles. The number of nitrogens with two attached hydrogens (primary N) is 1. The van der Waals surface area contributed by atoms with E-state index >= 15 is 24.0 Å². The van der Waals surface area contributed by atoms with Crippen LogP contribution in [0.5, 0.6) is 0 Å². The zero-order valence-electron chi connectivity index (χ0n) is 63.4. The molecule has 0 aliphatic carbocycles. The third kappa shape index (κ3) is 27.7. The minimum atomic E-state index is -0.717. The molecule has 29 heteroatoms. The van der Waals surface area contributed by atoms with E-state index in [1.165, 1.54) is 44.1 Å². The molecule has 3 N–H and O–H groups in total. The number of hydrogen-bond acceptors (Lipinski definition) is 15. The second-order valence-electron chi connectivity index (χ2n) is 28.2. The van der Waals surface area contributed by atoms with Gasteiger partial charge in [0, 0.05) is 140 Å². The van der Waals surface area contributed by atoms with Crippen molar-refractivity contribution in [3.05, 3.63) is 0 Å². The molecule has 4 aliphatic rings. The summed E-state index contributed by atoms with van der Waals surface area (Å²) in [5.74, 6) is -5.66. The first-order chi connectivity index (χ1) is 48.0. The van der Waals surface area contributed by atoms with Crippen LogP contribution in [-0.4, -0.2) is 327 Å². The van der Waals surface area contributed by atoms with Gasteiger partial charge in [-0.3, -0.25) is 67.1 Å². The van der Waals surface area contributed by atoms with E-state index in [1.54, 1.807) is 47.3 Å². The number of nitrogens with zero attached hydrogens (tertiary/aromatic N) is 13. The minimum Gasteiger partial charge on any atom is -0.368 e. The van der Waals surface area contributed by atoms with Crippen LogP contribution in [0.4, 0.5) is 0 Å². The fraction of sp³-hybridized carbons (Fsp3) is 0.806. The average molecular weight is 1420 g/mol.